The van der Waals surface area contributed by atoms with Gasteiger partial charge in [-0.1, -0.05) is 79.2 Å². The Bertz CT molecular complexity index is 1530. The van der Waals surface area contributed by atoms with Gasteiger partial charge in [0.15, 0.2) is 0 Å². The zero-order valence-corrected chi connectivity index (χ0v) is 25.8. The van der Waals surface area contributed by atoms with E-state index >= 15 is 0 Å². The third-order valence-corrected chi connectivity index (χ3v) is 10.2. The summed E-state index contributed by atoms with van der Waals surface area (Å²) in [4.78, 5) is 72.2. The van der Waals surface area contributed by atoms with Gasteiger partial charge >= 0.3 is 7.60 Å². The molecule has 1 heterocycles. The number of piperidine rings is 1. The highest BCUT2D eigenvalue weighted by atomic mass is 32.2. The topological polar surface area (TPSA) is 179 Å². The summed E-state index contributed by atoms with van der Waals surface area (Å²) >= 11 is 1.03. The van der Waals surface area contributed by atoms with Crippen molar-refractivity contribution in [2.45, 2.75) is 43.8 Å². The zero-order chi connectivity index (χ0) is 31.7. The van der Waals surface area contributed by atoms with Gasteiger partial charge in [0.25, 0.3) is 5.91 Å². The lowest BCUT2D eigenvalue weighted by Gasteiger charge is -2.40. The van der Waals surface area contributed by atoms with Crippen molar-refractivity contribution in [1.82, 2.24) is 15.5 Å². The molecular formula is C31H37N4O7PS. The Balaban J connectivity index is 1.49. The first-order valence-corrected chi connectivity index (χ1v) is 17.3. The molecule has 0 aromatic heterocycles. The van der Waals surface area contributed by atoms with Gasteiger partial charge in [0.2, 0.25) is 17.6 Å². The SMILES string of the molecule is NC(=O)C(CNC(=O)C1CCCCN1C(CCSCP(=O)(O)O)NC(=O)C(=O)c1ccccc1)c1ccc2ccccc2c1. The summed E-state index contributed by atoms with van der Waals surface area (Å²) in [6.45, 7) is 0.439. The van der Waals surface area contributed by atoms with E-state index < -0.39 is 43.3 Å². The maximum Gasteiger partial charge on any atom is 0.335 e. The van der Waals surface area contributed by atoms with Crippen molar-refractivity contribution in [2.24, 2.45) is 5.73 Å². The Morgan fingerprint density at radius 1 is 0.977 bits per heavy atom. The number of benzene rings is 3. The van der Waals surface area contributed by atoms with Crippen LogP contribution in [-0.4, -0.2) is 74.7 Å². The number of carbonyl (C=O) groups excluding carboxylic acids is 4. The summed E-state index contributed by atoms with van der Waals surface area (Å²) in [5, 5.41) is 7.61. The predicted octanol–water partition coefficient (Wildman–Crippen LogP) is 2.96. The number of rotatable bonds is 14. The normalized spacial score (nSPS) is 17.0. The molecule has 3 amide bonds. The predicted molar refractivity (Wildman–Crippen MR) is 170 cm³/mol. The first-order chi connectivity index (χ1) is 21.0. The van der Waals surface area contributed by atoms with Gasteiger partial charge < -0.3 is 26.2 Å². The number of nitrogens with one attached hydrogen (secondary N) is 2. The molecule has 1 aliphatic rings. The maximum absolute atomic E-state index is 13.6. The van der Waals surface area contributed by atoms with Crippen LogP contribution in [0.5, 0.6) is 0 Å². The van der Waals surface area contributed by atoms with E-state index in [-0.39, 0.29) is 35.7 Å². The van der Waals surface area contributed by atoms with E-state index in [0.717, 1.165) is 35.4 Å². The van der Waals surface area contributed by atoms with Gasteiger partial charge in [-0.25, -0.2) is 0 Å². The fraction of sp³-hybridized carbons (Fsp3) is 0.355. The minimum atomic E-state index is -4.23. The number of amides is 3. The number of hydrogen-bond acceptors (Lipinski definition) is 7. The van der Waals surface area contributed by atoms with Crippen LogP contribution in [0.15, 0.2) is 72.8 Å². The molecule has 1 saturated heterocycles. The lowest BCUT2D eigenvalue weighted by Crippen LogP contribution is -2.59. The summed E-state index contributed by atoms with van der Waals surface area (Å²) in [6, 6.07) is 20.8. The van der Waals surface area contributed by atoms with Gasteiger partial charge in [-0.2, -0.15) is 0 Å². The van der Waals surface area contributed by atoms with Crippen molar-refractivity contribution in [3.8, 4) is 0 Å². The molecule has 6 N–H and O–H groups in total. The molecule has 3 atom stereocenters. The molecule has 3 unspecified atom stereocenters. The lowest BCUT2D eigenvalue weighted by molar-refractivity contribution is -0.131. The number of carbonyl (C=O) groups is 4. The quantitative estimate of drug-likeness (QED) is 0.0767. The van der Waals surface area contributed by atoms with Gasteiger partial charge in [-0.15, -0.1) is 11.8 Å². The van der Waals surface area contributed by atoms with E-state index in [1.54, 1.807) is 18.2 Å². The Morgan fingerprint density at radius 2 is 1.68 bits per heavy atom. The van der Waals surface area contributed by atoms with Gasteiger partial charge in [0.05, 0.1) is 23.6 Å². The standard InChI is InChI=1S/C31H37N4O7PS/c32-29(37)25(24-14-13-21-8-4-5-11-23(21)18-24)19-33-30(38)26-12-6-7-16-35(26)27(15-17-44-20-43(40,41)42)34-31(39)28(36)22-9-2-1-3-10-22/h1-5,8-11,13-14,18,25-27H,6-7,12,15-17,19-20H2,(H2,32,37)(H,33,38)(H,34,39)(H2,40,41,42). The molecule has 234 valence electrons. The fourth-order valence-corrected chi connectivity index (χ4v) is 7.23. The van der Waals surface area contributed by atoms with Crippen LogP contribution in [0.4, 0.5) is 0 Å². The van der Waals surface area contributed by atoms with Crippen LogP contribution in [0.3, 0.4) is 0 Å². The second-order valence-corrected chi connectivity index (χ2v) is 13.9. The molecule has 0 saturated carbocycles. The number of likely N-dealkylation sites (tertiary alicyclic amines) is 1. The fourth-order valence-electron chi connectivity index (χ4n) is 5.37. The second kappa shape index (κ2) is 15.5. The lowest BCUT2D eigenvalue weighted by atomic mass is 9.95. The molecule has 11 nitrogen and oxygen atoms in total. The number of nitrogens with two attached hydrogens (primary N) is 1. The molecule has 1 aliphatic heterocycles. The summed E-state index contributed by atoms with van der Waals surface area (Å²) in [7, 11) is -4.23. The largest absolute Gasteiger partial charge is 0.369 e. The number of primary amides is 1. The number of hydrogen-bond donors (Lipinski definition) is 5. The molecule has 4 rings (SSSR count). The number of fused-ring (bicyclic) bond motifs is 1. The molecule has 3 aromatic carbocycles. The zero-order valence-electron chi connectivity index (χ0n) is 24.1. The minimum absolute atomic E-state index is 0.0154. The van der Waals surface area contributed by atoms with Crippen molar-refractivity contribution < 1.29 is 33.5 Å². The number of Topliss-reactive ketones (excluding diaryl/α,β-unsaturated/α-hetero) is 1. The van der Waals surface area contributed by atoms with Crippen LogP contribution < -0.4 is 16.4 Å². The Labute approximate surface area is 260 Å². The molecule has 1 fully saturated rings. The number of ketones is 1. The molecule has 0 aliphatic carbocycles. The van der Waals surface area contributed by atoms with Gasteiger partial charge in [-0.3, -0.25) is 28.6 Å². The van der Waals surface area contributed by atoms with E-state index in [1.165, 1.54) is 12.1 Å². The highest BCUT2D eigenvalue weighted by Gasteiger charge is 2.35. The average Bonchev–Trinajstić information content (AvgIpc) is 3.01. The molecule has 0 spiro atoms. The summed E-state index contributed by atoms with van der Waals surface area (Å²) in [5.41, 5.74) is 6.26. The van der Waals surface area contributed by atoms with Crippen LogP contribution in [0, 0.1) is 0 Å². The molecule has 0 bridgehead atoms. The van der Waals surface area contributed by atoms with E-state index in [1.807, 2.05) is 47.4 Å². The highest BCUT2D eigenvalue weighted by molar-refractivity contribution is 8.04. The van der Waals surface area contributed by atoms with Crippen molar-refractivity contribution in [3.05, 3.63) is 83.9 Å². The molecule has 44 heavy (non-hydrogen) atoms. The van der Waals surface area contributed by atoms with Gasteiger partial charge in [0.1, 0.15) is 0 Å². The monoisotopic (exact) mass is 640 g/mol. The molecule has 13 heteroatoms. The Kier molecular flexibility index (Phi) is 11.7. The van der Waals surface area contributed by atoms with Crippen LogP contribution >= 0.6 is 19.4 Å². The average molecular weight is 641 g/mol. The second-order valence-electron chi connectivity index (χ2n) is 10.7. The molecular weight excluding hydrogens is 603 g/mol. The third-order valence-electron chi connectivity index (χ3n) is 7.58. The van der Waals surface area contributed by atoms with Crippen molar-refractivity contribution in [1.29, 1.82) is 0 Å². The Hall–Kier alpha value is -3.54. The van der Waals surface area contributed by atoms with E-state index in [0.29, 0.717) is 18.5 Å². The summed E-state index contributed by atoms with van der Waals surface area (Å²) < 4.78 is 11.3. The third kappa shape index (κ3) is 9.23. The van der Waals surface area contributed by atoms with Crippen LogP contribution in [0.2, 0.25) is 0 Å². The minimum Gasteiger partial charge on any atom is -0.369 e. The smallest absolute Gasteiger partial charge is 0.335 e. The molecule has 0 radical (unpaired) electrons. The molecule has 3 aromatic rings. The van der Waals surface area contributed by atoms with Crippen LogP contribution in [-0.2, 0) is 18.9 Å². The summed E-state index contributed by atoms with van der Waals surface area (Å²) in [5.74, 6) is -2.97. The number of thioether (sulfide) groups is 1. The van der Waals surface area contributed by atoms with Crippen molar-refractivity contribution >= 4 is 53.6 Å². The van der Waals surface area contributed by atoms with Crippen molar-refractivity contribution in [3.63, 3.8) is 0 Å². The van der Waals surface area contributed by atoms with Crippen LogP contribution in [0.1, 0.15) is 47.5 Å². The van der Waals surface area contributed by atoms with Crippen LogP contribution in [0.25, 0.3) is 10.8 Å². The van der Waals surface area contributed by atoms with E-state index in [4.69, 9.17) is 5.73 Å². The van der Waals surface area contributed by atoms with Gasteiger partial charge in [0, 0.05) is 18.7 Å². The van der Waals surface area contributed by atoms with E-state index in [2.05, 4.69) is 10.6 Å². The first kappa shape index (κ1) is 33.4. The van der Waals surface area contributed by atoms with E-state index in [9.17, 15) is 33.5 Å². The maximum atomic E-state index is 13.6. The van der Waals surface area contributed by atoms with Gasteiger partial charge in [-0.05, 0) is 41.4 Å². The van der Waals surface area contributed by atoms with Crippen molar-refractivity contribution in [2.75, 3.05) is 24.3 Å². The number of nitrogens with zero attached hydrogens (tertiary/aromatic N) is 1. The summed E-state index contributed by atoms with van der Waals surface area (Å²) in [6.07, 6.45) is 1.48. The highest BCUT2D eigenvalue weighted by Crippen LogP contribution is 2.39. The Morgan fingerprint density at radius 3 is 2.39 bits per heavy atom. The first-order valence-electron chi connectivity index (χ1n) is 14.4.